The molecule has 0 radical (unpaired) electrons. The SMILES string of the molecule is NN=C(c1ccc([N+](=O)[O-])cc1)C12CN3CN(CN(C3)C1)C2. The summed E-state index contributed by atoms with van der Waals surface area (Å²) in [5.41, 5.74) is 1.70. The van der Waals surface area contributed by atoms with Crippen molar-refractivity contribution in [3.63, 3.8) is 0 Å². The van der Waals surface area contributed by atoms with Gasteiger partial charge >= 0.3 is 0 Å². The second-order valence-corrected chi connectivity index (χ2v) is 6.47. The van der Waals surface area contributed by atoms with E-state index in [0.29, 0.717) is 0 Å². The Labute approximate surface area is 127 Å². The fourth-order valence-corrected chi connectivity index (χ4v) is 4.20. The molecule has 4 bridgehead atoms. The van der Waals surface area contributed by atoms with Gasteiger partial charge in [0, 0.05) is 31.8 Å². The van der Waals surface area contributed by atoms with E-state index >= 15 is 0 Å². The van der Waals surface area contributed by atoms with Crippen LogP contribution in [-0.4, -0.2) is 65.0 Å². The molecular formula is C14H18N6O2. The number of benzene rings is 1. The van der Waals surface area contributed by atoms with Crippen molar-refractivity contribution < 1.29 is 4.92 Å². The largest absolute Gasteiger partial charge is 0.323 e. The number of rotatable bonds is 3. The lowest BCUT2D eigenvalue weighted by molar-refractivity contribution is -0.384. The Kier molecular flexibility index (Phi) is 2.93. The summed E-state index contributed by atoms with van der Waals surface area (Å²) in [5.74, 6) is 5.72. The highest BCUT2D eigenvalue weighted by molar-refractivity contribution is 6.05. The molecule has 4 aliphatic heterocycles. The van der Waals surface area contributed by atoms with Crippen molar-refractivity contribution in [3.8, 4) is 0 Å². The van der Waals surface area contributed by atoms with Gasteiger partial charge in [0.25, 0.3) is 5.69 Å². The van der Waals surface area contributed by atoms with E-state index in [1.165, 1.54) is 12.1 Å². The Morgan fingerprint density at radius 3 is 2.00 bits per heavy atom. The summed E-state index contributed by atoms with van der Waals surface area (Å²) >= 11 is 0. The van der Waals surface area contributed by atoms with Crippen molar-refractivity contribution in [1.29, 1.82) is 0 Å². The van der Waals surface area contributed by atoms with E-state index < -0.39 is 4.92 Å². The lowest BCUT2D eigenvalue weighted by Gasteiger charge is -2.60. The van der Waals surface area contributed by atoms with Crippen molar-refractivity contribution in [1.82, 2.24) is 14.7 Å². The van der Waals surface area contributed by atoms with Gasteiger partial charge in [-0.2, -0.15) is 5.10 Å². The van der Waals surface area contributed by atoms with Crippen LogP contribution in [0.4, 0.5) is 5.69 Å². The van der Waals surface area contributed by atoms with Crippen LogP contribution in [0.2, 0.25) is 0 Å². The Morgan fingerprint density at radius 2 is 1.59 bits per heavy atom. The average Bonchev–Trinajstić information content (AvgIpc) is 2.46. The maximum atomic E-state index is 10.8. The standard InChI is InChI=1S/C14H18N6O2/c15-16-13(11-1-3-12(4-2-11)20(21)22)14-5-17-8-18(6-14)10-19(7-14)9-17/h1-4H,5-10,15H2. The topological polar surface area (TPSA) is 91.2 Å². The van der Waals surface area contributed by atoms with Gasteiger partial charge in [0.15, 0.2) is 0 Å². The molecule has 0 aromatic heterocycles. The summed E-state index contributed by atoms with van der Waals surface area (Å²) in [6.07, 6.45) is 0. The molecule has 1 aromatic rings. The summed E-state index contributed by atoms with van der Waals surface area (Å²) in [5, 5.41) is 14.9. The molecule has 22 heavy (non-hydrogen) atoms. The number of hydrogen-bond donors (Lipinski definition) is 1. The molecule has 0 spiro atoms. The summed E-state index contributed by atoms with van der Waals surface area (Å²) in [6.45, 7) is 5.80. The average molecular weight is 302 g/mol. The minimum absolute atomic E-state index is 0.0851. The van der Waals surface area contributed by atoms with Crippen LogP contribution < -0.4 is 5.84 Å². The third kappa shape index (κ3) is 1.99. The van der Waals surface area contributed by atoms with Crippen LogP contribution in [0.5, 0.6) is 0 Å². The van der Waals surface area contributed by atoms with Gasteiger partial charge < -0.3 is 5.84 Å². The zero-order valence-corrected chi connectivity index (χ0v) is 12.2. The minimum atomic E-state index is -0.392. The van der Waals surface area contributed by atoms with Crippen LogP contribution >= 0.6 is 0 Å². The number of nitrogens with zero attached hydrogens (tertiary/aromatic N) is 5. The summed E-state index contributed by atoms with van der Waals surface area (Å²) in [4.78, 5) is 17.6. The van der Waals surface area contributed by atoms with E-state index in [0.717, 1.165) is 50.9 Å². The van der Waals surface area contributed by atoms with E-state index in [1.807, 2.05) is 0 Å². The number of nitrogens with two attached hydrogens (primary N) is 1. The molecular weight excluding hydrogens is 284 g/mol. The molecule has 0 unspecified atom stereocenters. The maximum absolute atomic E-state index is 10.8. The van der Waals surface area contributed by atoms with E-state index in [2.05, 4.69) is 19.8 Å². The molecule has 116 valence electrons. The molecule has 8 nitrogen and oxygen atoms in total. The van der Waals surface area contributed by atoms with Gasteiger partial charge in [0.1, 0.15) is 0 Å². The molecule has 2 N–H and O–H groups in total. The van der Waals surface area contributed by atoms with Crippen LogP contribution in [0.25, 0.3) is 0 Å². The van der Waals surface area contributed by atoms with E-state index in [-0.39, 0.29) is 11.1 Å². The highest BCUT2D eigenvalue weighted by Gasteiger charge is 2.51. The normalized spacial score (nSPS) is 36.5. The summed E-state index contributed by atoms with van der Waals surface area (Å²) in [6, 6.07) is 6.54. The van der Waals surface area contributed by atoms with Crippen molar-refractivity contribution in [2.24, 2.45) is 16.4 Å². The number of non-ortho nitro benzene ring substituents is 1. The van der Waals surface area contributed by atoms with E-state index in [4.69, 9.17) is 5.84 Å². The number of nitro groups is 1. The zero-order chi connectivity index (χ0) is 15.3. The van der Waals surface area contributed by atoms with Crippen LogP contribution in [0.3, 0.4) is 0 Å². The lowest BCUT2D eigenvalue weighted by Crippen LogP contribution is -2.74. The second kappa shape index (κ2) is 4.73. The first-order valence-corrected chi connectivity index (χ1v) is 7.30. The van der Waals surface area contributed by atoms with Gasteiger partial charge in [0.2, 0.25) is 0 Å². The first-order valence-electron chi connectivity index (χ1n) is 7.30. The number of nitro benzene ring substituents is 1. The molecule has 0 aliphatic carbocycles. The fraction of sp³-hybridized carbons (Fsp3) is 0.500. The number of hydrogen-bond acceptors (Lipinski definition) is 7. The van der Waals surface area contributed by atoms with Gasteiger partial charge in [-0.25, -0.2) is 0 Å². The fourth-order valence-electron chi connectivity index (χ4n) is 4.20. The smallest absolute Gasteiger partial charge is 0.269 e. The zero-order valence-electron chi connectivity index (χ0n) is 12.2. The third-order valence-electron chi connectivity index (χ3n) is 4.76. The molecule has 4 heterocycles. The highest BCUT2D eigenvalue weighted by Crippen LogP contribution is 2.38. The Hall–Kier alpha value is -2.03. The molecule has 0 amide bonds. The van der Waals surface area contributed by atoms with Gasteiger partial charge in [-0.15, -0.1) is 0 Å². The van der Waals surface area contributed by atoms with Gasteiger partial charge in [-0.3, -0.25) is 24.8 Å². The van der Waals surface area contributed by atoms with Crippen molar-refractivity contribution in [2.75, 3.05) is 39.6 Å². The molecule has 1 aromatic carbocycles. The van der Waals surface area contributed by atoms with Gasteiger partial charge in [-0.05, 0) is 17.7 Å². The van der Waals surface area contributed by atoms with Crippen molar-refractivity contribution in [2.45, 2.75) is 0 Å². The number of hydrazone groups is 1. The molecule has 4 fully saturated rings. The summed E-state index contributed by atoms with van der Waals surface area (Å²) < 4.78 is 0. The van der Waals surface area contributed by atoms with Crippen LogP contribution in [0.1, 0.15) is 5.56 Å². The van der Waals surface area contributed by atoms with Crippen molar-refractivity contribution >= 4 is 11.4 Å². The third-order valence-corrected chi connectivity index (χ3v) is 4.76. The maximum Gasteiger partial charge on any atom is 0.269 e. The van der Waals surface area contributed by atoms with Crippen LogP contribution in [0.15, 0.2) is 29.4 Å². The monoisotopic (exact) mass is 302 g/mol. The molecule has 8 heteroatoms. The predicted molar refractivity (Wildman–Crippen MR) is 81.0 cm³/mol. The minimum Gasteiger partial charge on any atom is -0.323 e. The first-order chi connectivity index (χ1) is 10.6. The predicted octanol–water partition coefficient (Wildman–Crippen LogP) is 0.0633. The second-order valence-electron chi connectivity index (χ2n) is 6.47. The highest BCUT2D eigenvalue weighted by atomic mass is 16.6. The molecule has 0 atom stereocenters. The quantitative estimate of drug-likeness (QED) is 0.367. The Morgan fingerprint density at radius 1 is 1.09 bits per heavy atom. The molecule has 0 saturated carbocycles. The van der Waals surface area contributed by atoms with Crippen LogP contribution in [0, 0.1) is 15.5 Å². The van der Waals surface area contributed by atoms with Gasteiger partial charge in [-0.1, -0.05) is 0 Å². The van der Waals surface area contributed by atoms with E-state index in [1.54, 1.807) is 12.1 Å². The van der Waals surface area contributed by atoms with Crippen molar-refractivity contribution in [3.05, 3.63) is 39.9 Å². The first kappa shape index (κ1) is 13.6. The Bertz CT molecular complexity index is 606. The van der Waals surface area contributed by atoms with E-state index in [9.17, 15) is 10.1 Å². The molecule has 4 aliphatic rings. The summed E-state index contributed by atoms with van der Waals surface area (Å²) in [7, 11) is 0. The molecule has 4 saturated heterocycles. The van der Waals surface area contributed by atoms with Crippen LogP contribution in [-0.2, 0) is 0 Å². The Balaban J connectivity index is 1.69. The van der Waals surface area contributed by atoms with Gasteiger partial charge in [0.05, 0.1) is 36.1 Å². The molecule has 5 rings (SSSR count). The lowest BCUT2D eigenvalue weighted by atomic mass is 9.74.